The van der Waals surface area contributed by atoms with Crippen molar-refractivity contribution in [2.24, 2.45) is 5.73 Å². The Morgan fingerprint density at radius 2 is 2.11 bits per heavy atom. The van der Waals surface area contributed by atoms with Crippen LogP contribution in [0.5, 0.6) is 0 Å². The molecule has 1 aromatic rings. The molecule has 2 N–H and O–H groups in total. The number of halogens is 2. The van der Waals surface area contributed by atoms with Crippen molar-refractivity contribution in [2.45, 2.75) is 30.6 Å². The molecule has 1 aliphatic heterocycles. The molecule has 1 saturated heterocycles. The lowest BCUT2D eigenvalue weighted by Crippen LogP contribution is -2.38. The van der Waals surface area contributed by atoms with Crippen LogP contribution in [0, 0.1) is 5.82 Å². The highest BCUT2D eigenvalue weighted by molar-refractivity contribution is 7.92. The average Bonchev–Trinajstić information content (AvgIpc) is 2.31. The standard InChI is InChI=1S/C12H15ClFNO2S/c13-10-5-4-8(14)7-9(10)12(15)11-3-1-2-6-18(11,16)17/h4-5,7,11-12H,1-3,6,15H2. The average molecular weight is 292 g/mol. The molecule has 1 aliphatic rings. The third-order valence-corrected chi connectivity index (χ3v) is 6.00. The Labute approximate surface area is 111 Å². The molecular weight excluding hydrogens is 277 g/mol. The minimum atomic E-state index is -3.21. The molecule has 0 aromatic heterocycles. The van der Waals surface area contributed by atoms with Gasteiger partial charge >= 0.3 is 0 Å². The summed E-state index contributed by atoms with van der Waals surface area (Å²) in [6.07, 6.45) is 2.00. The van der Waals surface area contributed by atoms with Crippen molar-refractivity contribution in [1.82, 2.24) is 0 Å². The van der Waals surface area contributed by atoms with Crippen LogP contribution in [0.1, 0.15) is 30.9 Å². The lowest BCUT2D eigenvalue weighted by Gasteiger charge is -2.28. The first kappa shape index (κ1) is 13.8. The van der Waals surface area contributed by atoms with Crippen LogP contribution in [0.3, 0.4) is 0 Å². The minimum Gasteiger partial charge on any atom is -0.323 e. The van der Waals surface area contributed by atoms with Crippen molar-refractivity contribution in [3.8, 4) is 0 Å². The molecule has 0 saturated carbocycles. The first-order valence-corrected chi connectivity index (χ1v) is 7.93. The van der Waals surface area contributed by atoms with Gasteiger partial charge in [-0.2, -0.15) is 0 Å². The second-order valence-electron chi connectivity index (χ2n) is 4.59. The molecule has 0 spiro atoms. The molecule has 6 heteroatoms. The van der Waals surface area contributed by atoms with Crippen molar-refractivity contribution in [3.63, 3.8) is 0 Å². The van der Waals surface area contributed by atoms with Gasteiger partial charge in [0.2, 0.25) is 0 Å². The Morgan fingerprint density at radius 1 is 1.39 bits per heavy atom. The maximum atomic E-state index is 13.2. The Morgan fingerprint density at radius 3 is 2.78 bits per heavy atom. The van der Waals surface area contributed by atoms with E-state index in [0.29, 0.717) is 23.4 Å². The van der Waals surface area contributed by atoms with Crippen molar-refractivity contribution in [1.29, 1.82) is 0 Å². The zero-order valence-corrected chi connectivity index (χ0v) is 11.3. The van der Waals surface area contributed by atoms with Gasteiger partial charge in [-0.1, -0.05) is 18.0 Å². The predicted molar refractivity (Wildman–Crippen MR) is 69.8 cm³/mol. The van der Waals surface area contributed by atoms with Crippen molar-refractivity contribution >= 4 is 21.4 Å². The molecule has 100 valence electrons. The summed E-state index contributed by atoms with van der Waals surface area (Å²) in [7, 11) is -3.21. The van der Waals surface area contributed by atoms with E-state index in [9.17, 15) is 12.8 Å². The van der Waals surface area contributed by atoms with E-state index in [1.54, 1.807) is 0 Å². The Balaban J connectivity index is 2.35. The molecular formula is C12H15ClFNO2S. The van der Waals surface area contributed by atoms with Gasteiger partial charge in [-0.15, -0.1) is 0 Å². The number of rotatable bonds is 2. The summed E-state index contributed by atoms with van der Waals surface area (Å²) in [5.41, 5.74) is 6.35. The normalized spacial score (nSPS) is 24.7. The van der Waals surface area contributed by atoms with E-state index in [-0.39, 0.29) is 5.75 Å². The van der Waals surface area contributed by atoms with Crippen LogP contribution in [-0.2, 0) is 9.84 Å². The highest BCUT2D eigenvalue weighted by Gasteiger charge is 2.35. The maximum Gasteiger partial charge on any atom is 0.155 e. The monoisotopic (exact) mass is 291 g/mol. The first-order valence-electron chi connectivity index (χ1n) is 5.84. The third-order valence-electron chi connectivity index (χ3n) is 3.35. The van der Waals surface area contributed by atoms with E-state index in [4.69, 9.17) is 17.3 Å². The molecule has 0 radical (unpaired) electrons. The number of nitrogens with two attached hydrogens (primary N) is 1. The van der Waals surface area contributed by atoms with E-state index in [1.165, 1.54) is 18.2 Å². The molecule has 2 unspecified atom stereocenters. The summed E-state index contributed by atoms with van der Waals surface area (Å²) in [4.78, 5) is 0. The lowest BCUT2D eigenvalue weighted by atomic mass is 10.00. The third kappa shape index (κ3) is 2.68. The molecule has 3 nitrogen and oxygen atoms in total. The van der Waals surface area contributed by atoms with Crippen LogP contribution in [0.4, 0.5) is 4.39 Å². The van der Waals surface area contributed by atoms with E-state index in [2.05, 4.69) is 0 Å². The van der Waals surface area contributed by atoms with Crippen molar-refractivity contribution in [2.75, 3.05) is 5.75 Å². The molecule has 1 heterocycles. The van der Waals surface area contributed by atoms with Gasteiger partial charge in [0.25, 0.3) is 0 Å². The number of benzene rings is 1. The van der Waals surface area contributed by atoms with Gasteiger partial charge in [-0.25, -0.2) is 12.8 Å². The zero-order valence-electron chi connectivity index (χ0n) is 9.77. The molecule has 2 atom stereocenters. The first-order chi connectivity index (χ1) is 8.42. The highest BCUT2D eigenvalue weighted by Crippen LogP contribution is 2.32. The van der Waals surface area contributed by atoms with Crippen molar-refractivity contribution < 1.29 is 12.8 Å². The van der Waals surface area contributed by atoms with E-state index >= 15 is 0 Å². The van der Waals surface area contributed by atoms with Crippen LogP contribution in [0.15, 0.2) is 18.2 Å². The molecule has 1 aromatic carbocycles. The summed E-state index contributed by atoms with van der Waals surface area (Å²) in [5, 5.41) is -0.352. The lowest BCUT2D eigenvalue weighted by molar-refractivity contribution is 0.503. The smallest absolute Gasteiger partial charge is 0.155 e. The van der Waals surface area contributed by atoms with Gasteiger partial charge < -0.3 is 5.73 Å². The van der Waals surface area contributed by atoms with Crippen LogP contribution >= 0.6 is 11.6 Å². The Kier molecular flexibility index (Phi) is 3.94. The van der Waals surface area contributed by atoms with E-state index in [0.717, 1.165) is 6.42 Å². The molecule has 0 bridgehead atoms. The fraction of sp³-hybridized carbons (Fsp3) is 0.500. The topological polar surface area (TPSA) is 60.2 Å². The van der Waals surface area contributed by atoms with Crippen LogP contribution in [-0.4, -0.2) is 19.4 Å². The quantitative estimate of drug-likeness (QED) is 0.910. The van der Waals surface area contributed by atoms with Gasteiger partial charge in [-0.05, 0) is 36.6 Å². The van der Waals surface area contributed by atoms with Crippen LogP contribution in [0.2, 0.25) is 5.02 Å². The summed E-state index contributed by atoms with van der Waals surface area (Å²) >= 11 is 5.96. The number of hydrogen-bond acceptors (Lipinski definition) is 3. The number of hydrogen-bond donors (Lipinski definition) is 1. The minimum absolute atomic E-state index is 0.151. The molecule has 0 aliphatic carbocycles. The molecule has 1 fully saturated rings. The summed E-state index contributed by atoms with van der Waals surface area (Å²) in [5.74, 6) is -0.309. The van der Waals surface area contributed by atoms with Gasteiger partial charge in [0.15, 0.2) is 9.84 Å². The van der Waals surface area contributed by atoms with Gasteiger partial charge in [0.05, 0.1) is 11.0 Å². The number of sulfone groups is 1. The second-order valence-corrected chi connectivity index (χ2v) is 7.34. The van der Waals surface area contributed by atoms with Crippen molar-refractivity contribution in [3.05, 3.63) is 34.6 Å². The largest absolute Gasteiger partial charge is 0.323 e. The predicted octanol–water partition coefficient (Wildman–Crippen LogP) is 2.45. The highest BCUT2D eigenvalue weighted by atomic mass is 35.5. The van der Waals surface area contributed by atoms with Gasteiger partial charge in [0.1, 0.15) is 5.82 Å². The fourth-order valence-corrected chi connectivity index (χ4v) is 4.62. The summed E-state index contributed by atoms with van der Waals surface area (Å²) in [6.45, 7) is 0. The van der Waals surface area contributed by atoms with Gasteiger partial charge in [0, 0.05) is 11.1 Å². The molecule has 18 heavy (non-hydrogen) atoms. The molecule has 0 amide bonds. The fourth-order valence-electron chi connectivity index (χ4n) is 2.35. The van der Waals surface area contributed by atoms with E-state index < -0.39 is 26.9 Å². The van der Waals surface area contributed by atoms with Crippen LogP contribution in [0.25, 0.3) is 0 Å². The van der Waals surface area contributed by atoms with Gasteiger partial charge in [-0.3, -0.25) is 0 Å². The van der Waals surface area contributed by atoms with E-state index in [1.807, 2.05) is 0 Å². The van der Waals surface area contributed by atoms with Crippen LogP contribution < -0.4 is 5.73 Å². The summed E-state index contributed by atoms with van der Waals surface area (Å²) in [6, 6.07) is 3.09. The SMILES string of the molecule is NC(c1cc(F)ccc1Cl)C1CCCCS1(=O)=O. The summed E-state index contributed by atoms with van der Waals surface area (Å²) < 4.78 is 37.2. The molecule has 2 rings (SSSR count). The second kappa shape index (κ2) is 5.15. The zero-order chi connectivity index (χ0) is 13.3. The Bertz CT molecular complexity index is 547. The maximum absolute atomic E-state index is 13.2. The Hall–Kier alpha value is -0.650.